The van der Waals surface area contributed by atoms with Gasteiger partial charge in [0.05, 0.1) is 6.61 Å². The number of esters is 1. The molecule has 3 nitrogen and oxygen atoms in total. The molecule has 0 aliphatic heterocycles. The predicted octanol–water partition coefficient (Wildman–Crippen LogP) is 6.70. The van der Waals surface area contributed by atoms with E-state index < -0.39 is 5.97 Å². The molecule has 2 rings (SSSR count). The van der Waals surface area contributed by atoms with Gasteiger partial charge in [0.15, 0.2) is 0 Å². The van der Waals surface area contributed by atoms with Gasteiger partial charge < -0.3 is 4.74 Å². The molecule has 0 heterocycles. The summed E-state index contributed by atoms with van der Waals surface area (Å²) in [6.07, 6.45) is 9.46. The Labute approximate surface area is 175 Å². The van der Waals surface area contributed by atoms with Gasteiger partial charge in [0, 0.05) is 5.57 Å². The van der Waals surface area contributed by atoms with Crippen molar-refractivity contribution < 1.29 is 9.53 Å². The van der Waals surface area contributed by atoms with E-state index >= 15 is 0 Å². The Bertz CT molecular complexity index is 762. The third-order valence-corrected chi connectivity index (χ3v) is 4.92. The van der Waals surface area contributed by atoms with E-state index in [1.807, 2.05) is 60.7 Å². The van der Waals surface area contributed by atoms with Gasteiger partial charge in [0.25, 0.3) is 0 Å². The van der Waals surface area contributed by atoms with E-state index in [9.17, 15) is 10.1 Å². The quantitative estimate of drug-likeness (QED) is 0.176. The van der Waals surface area contributed by atoms with Gasteiger partial charge >= 0.3 is 5.97 Å². The molecule has 152 valence electrons. The first kappa shape index (κ1) is 22.4. The highest BCUT2D eigenvalue weighted by atomic mass is 16.5. The van der Waals surface area contributed by atoms with Crippen molar-refractivity contribution >= 4 is 11.5 Å². The summed E-state index contributed by atoms with van der Waals surface area (Å²) in [4.78, 5) is 12.7. The summed E-state index contributed by atoms with van der Waals surface area (Å²) < 4.78 is 5.44. The molecule has 0 spiro atoms. The molecule has 0 saturated heterocycles. The third-order valence-electron chi connectivity index (χ3n) is 4.92. The van der Waals surface area contributed by atoms with Crippen LogP contribution in [0.25, 0.3) is 5.57 Å². The standard InChI is InChI=1S/C26H31NO2/c1-2-3-4-5-6-7-8-15-20-29-26(28)24(21-27)25(22-16-11-9-12-17-22)23-18-13-10-14-19-23/h9-14,16-19H,2-8,15,20H2,1H3. The molecule has 0 fully saturated rings. The van der Waals surface area contributed by atoms with Crippen LogP contribution >= 0.6 is 0 Å². The average Bonchev–Trinajstić information content (AvgIpc) is 2.77. The van der Waals surface area contributed by atoms with E-state index in [4.69, 9.17) is 4.74 Å². The third kappa shape index (κ3) is 7.58. The van der Waals surface area contributed by atoms with Gasteiger partial charge in [-0.2, -0.15) is 5.26 Å². The van der Waals surface area contributed by atoms with Crippen molar-refractivity contribution in [2.75, 3.05) is 6.61 Å². The summed E-state index contributed by atoms with van der Waals surface area (Å²) in [5.41, 5.74) is 2.34. The number of nitriles is 1. The van der Waals surface area contributed by atoms with Crippen LogP contribution in [0.15, 0.2) is 66.2 Å². The molecule has 29 heavy (non-hydrogen) atoms. The molecule has 0 radical (unpaired) electrons. The zero-order valence-corrected chi connectivity index (χ0v) is 17.4. The Hall–Kier alpha value is -2.86. The van der Waals surface area contributed by atoms with Gasteiger partial charge in [0.1, 0.15) is 11.6 Å². The van der Waals surface area contributed by atoms with Crippen molar-refractivity contribution in [1.82, 2.24) is 0 Å². The van der Waals surface area contributed by atoms with Crippen molar-refractivity contribution in [3.8, 4) is 6.07 Å². The van der Waals surface area contributed by atoms with E-state index in [0.29, 0.717) is 12.2 Å². The monoisotopic (exact) mass is 389 g/mol. The Morgan fingerprint density at radius 3 is 1.76 bits per heavy atom. The van der Waals surface area contributed by atoms with Crippen LogP contribution in [0.1, 0.15) is 69.4 Å². The number of hydrogen-bond donors (Lipinski definition) is 0. The van der Waals surface area contributed by atoms with Crippen LogP contribution < -0.4 is 0 Å². The van der Waals surface area contributed by atoms with Crippen molar-refractivity contribution in [1.29, 1.82) is 5.26 Å². The predicted molar refractivity (Wildman–Crippen MR) is 118 cm³/mol. The number of hydrogen-bond acceptors (Lipinski definition) is 3. The molecule has 0 bridgehead atoms. The SMILES string of the molecule is CCCCCCCCCCOC(=O)C(C#N)=C(c1ccccc1)c1ccccc1. The Morgan fingerprint density at radius 1 is 0.793 bits per heavy atom. The second-order valence-corrected chi connectivity index (χ2v) is 7.20. The highest BCUT2D eigenvalue weighted by Crippen LogP contribution is 2.27. The van der Waals surface area contributed by atoms with Crippen molar-refractivity contribution in [3.63, 3.8) is 0 Å². The highest BCUT2D eigenvalue weighted by molar-refractivity contribution is 6.05. The van der Waals surface area contributed by atoms with Crippen LogP contribution in [-0.2, 0) is 9.53 Å². The van der Waals surface area contributed by atoms with Crippen LogP contribution in [0.5, 0.6) is 0 Å². The number of ether oxygens (including phenoxy) is 1. The molecule has 0 amide bonds. The van der Waals surface area contributed by atoms with Gasteiger partial charge in [-0.1, -0.05) is 113 Å². The summed E-state index contributed by atoms with van der Waals surface area (Å²) in [6, 6.07) is 21.2. The molecule has 0 aliphatic carbocycles. The first-order valence-corrected chi connectivity index (χ1v) is 10.7. The van der Waals surface area contributed by atoms with Gasteiger partial charge in [-0.15, -0.1) is 0 Å². The molecule has 0 atom stereocenters. The lowest BCUT2D eigenvalue weighted by Crippen LogP contribution is -2.11. The highest BCUT2D eigenvalue weighted by Gasteiger charge is 2.19. The zero-order valence-electron chi connectivity index (χ0n) is 17.4. The second kappa shape index (κ2) is 13.3. The summed E-state index contributed by atoms with van der Waals surface area (Å²) in [6.45, 7) is 2.58. The minimum atomic E-state index is -0.543. The largest absolute Gasteiger partial charge is 0.462 e. The molecule has 3 heteroatoms. The Kier molecular flexibility index (Phi) is 10.3. The van der Waals surface area contributed by atoms with Crippen LogP contribution in [0.2, 0.25) is 0 Å². The summed E-state index contributed by atoms with van der Waals surface area (Å²) in [5, 5.41) is 9.72. The Morgan fingerprint density at radius 2 is 1.28 bits per heavy atom. The van der Waals surface area contributed by atoms with Gasteiger partial charge in [-0.3, -0.25) is 0 Å². The fourth-order valence-electron chi connectivity index (χ4n) is 3.34. The minimum Gasteiger partial charge on any atom is -0.462 e. The van der Waals surface area contributed by atoms with E-state index in [1.54, 1.807) is 0 Å². The fraction of sp³-hybridized carbons (Fsp3) is 0.385. The van der Waals surface area contributed by atoms with Crippen LogP contribution in [-0.4, -0.2) is 12.6 Å². The first-order valence-electron chi connectivity index (χ1n) is 10.7. The van der Waals surface area contributed by atoms with E-state index in [-0.39, 0.29) is 5.57 Å². The smallest absolute Gasteiger partial charge is 0.349 e. The lowest BCUT2D eigenvalue weighted by molar-refractivity contribution is -0.138. The second-order valence-electron chi connectivity index (χ2n) is 7.20. The molecule has 2 aromatic rings. The number of benzene rings is 2. The number of carbonyl (C=O) groups excluding carboxylic acids is 1. The molecule has 0 aliphatic rings. The first-order chi connectivity index (χ1) is 14.3. The fourth-order valence-corrected chi connectivity index (χ4v) is 3.34. The Balaban J connectivity index is 1.99. The molecule has 2 aromatic carbocycles. The van der Waals surface area contributed by atoms with Crippen molar-refractivity contribution in [2.45, 2.75) is 58.3 Å². The van der Waals surface area contributed by atoms with Crippen molar-refractivity contribution in [3.05, 3.63) is 77.4 Å². The maximum Gasteiger partial charge on any atom is 0.349 e. The minimum absolute atomic E-state index is 0.0574. The maximum atomic E-state index is 12.7. The number of unbranched alkanes of at least 4 members (excludes halogenated alkanes) is 7. The van der Waals surface area contributed by atoms with Crippen LogP contribution in [0.3, 0.4) is 0 Å². The number of rotatable bonds is 12. The molecule has 0 aromatic heterocycles. The lowest BCUT2D eigenvalue weighted by atomic mass is 9.93. The normalized spacial score (nSPS) is 10.2. The van der Waals surface area contributed by atoms with Crippen LogP contribution in [0, 0.1) is 11.3 Å². The average molecular weight is 390 g/mol. The summed E-state index contributed by atoms with van der Waals surface area (Å²) in [5.74, 6) is -0.543. The van der Waals surface area contributed by atoms with Gasteiger partial charge in [-0.05, 0) is 17.5 Å². The van der Waals surface area contributed by atoms with Gasteiger partial charge in [0.2, 0.25) is 0 Å². The molecule has 0 unspecified atom stereocenters. The van der Waals surface area contributed by atoms with E-state index in [2.05, 4.69) is 13.0 Å². The van der Waals surface area contributed by atoms with Crippen molar-refractivity contribution in [2.24, 2.45) is 0 Å². The summed E-state index contributed by atoms with van der Waals surface area (Å²) in [7, 11) is 0. The molecule has 0 N–H and O–H groups in total. The molecule has 0 saturated carbocycles. The zero-order chi connectivity index (χ0) is 20.7. The molecular weight excluding hydrogens is 358 g/mol. The maximum absolute atomic E-state index is 12.7. The summed E-state index contributed by atoms with van der Waals surface area (Å²) >= 11 is 0. The lowest BCUT2D eigenvalue weighted by Gasteiger charge is -2.12. The van der Waals surface area contributed by atoms with E-state index in [1.165, 1.54) is 38.5 Å². The number of nitrogens with zero attached hydrogens (tertiary/aromatic N) is 1. The van der Waals surface area contributed by atoms with E-state index in [0.717, 1.165) is 24.0 Å². The van der Waals surface area contributed by atoms with Gasteiger partial charge in [-0.25, -0.2) is 4.79 Å². The topological polar surface area (TPSA) is 50.1 Å². The number of carbonyl (C=O) groups is 1. The van der Waals surface area contributed by atoms with Crippen LogP contribution in [0.4, 0.5) is 0 Å². The molecular formula is C26H31NO2.